The Morgan fingerprint density at radius 1 is 0.833 bits per heavy atom. The zero-order valence-electron chi connectivity index (χ0n) is 19.5. The summed E-state index contributed by atoms with van der Waals surface area (Å²) in [4.78, 5) is 12.8. The number of amides is 1. The van der Waals surface area contributed by atoms with Gasteiger partial charge in [-0.3, -0.25) is 9.10 Å². The number of benzene rings is 3. The summed E-state index contributed by atoms with van der Waals surface area (Å²) in [5, 5.41) is 3.76. The minimum atomic E-state index is -4.30. The SMILES string of the molecule is COc1ccc(S(=O)(=O)N(CC(=O)NCc2ccc(Cl)cc2Cl)c2cc(Cl)ccc2OC)cc1OC. The molecular weight excluding hydrogens is 551 g/mol. The maximum Gasteiger partial charge on any atom is 0.265 e. The molecule has 3 aromatic rings. The van der Waals surface area contributed by atoms with Gasteiger partial charge in [0.2, 0.25) is 5.91 Å². The van der Waals surface area contributed by atoms with E-state index in [4.69, 9.17) is 49.0 Å². The van der Waals surface area contributed by atoms with Gasteiger partial charge >= 0.3 is 0 Å². The molecule has 3 rings (SSSR count). The molecule has 192 valence electrons. The van der Waals surface area contributed by atoms with Crippen molar-refractivity contribution in [2.75, 3.05) is 32.2 Å². The normalized spacial score (nSPS) is 11.1. The molecule has 0 saturated carbocycles. The Balaban J connectivity index is 2.00. The highest BCUT2D eigenvalue weighted by Gasteiger charge is 2.30. The van der Waals surface area contributed by atoms with E-state index in [1.54, 1.807) is 24.3 Å². The molecule has 0 saturated heterocycles. The standard InChI is InChI=1S/C24H23Cl3N2O6S/c1-33-21-8-6-17(26)11-20(21)29(14-24(30)28-13-15-4-5-16(25)10-19(15)27)36(31,32)18-7-9-22(34-2)23(12-18)35-3/h4-12H,13-14H2,1-3H3,(H,28,30). The van der Waals surface area contributed by atoms with Crippen LogP contribution in [0.2, 0.25) is 15.1 Å². The van der Waals surface area contributed by atoms with Gasteiger partial charge < -0.3 is 19.5 Å². The number of methoxy groups -OCH3 is 3. The number of carbonyl (C=O) groups is 1. The fourth-order valence-corrected chi connectivity index (χ4v) is 5.39. The summed E-state index contributed by atoms with van der Waals surface area (Å²) >= 11 is 18.3. The Morgan fingerprint density at radius 2 is 1.44 bits per heavy atom. The van der Waals surface area contributed by atoms with Crippen LogP contribution in [0.25, 0.3) is 0 Å². The zero-order chi connectivity index (χ0) is 26.5. The predicted molar refractivity (Wildman–Crippen MR) is 140 cm³/mol. The largest absolute Gasteiger partial charge is 0.495 e. The van der Waals surface area contributed by atoms with Gasteiger partial charge in [0.1, 0.15) is 12.3 Å². The van der Waals surface area contributed by atoms with Crippen molar-refractivity contribution >= 4 is 56.4 Å². The van der Waals surface area contributed by atoms with Gasteiger partial charge in [-0.05, 0) is 48.0 Å². The third-order valence-corrected chi connectivity index (χ3v) is 7.71. The van der Waals surface area contributed by atoms with Gasteiger partial charge in [0.05, 0.1) is 31.9 Å². The molecule has 0 spiro atoms. The second-order valence-electron chi connectivity index (χ2n) is 7.36. The number of ether oxygens (including phenoxy) is 3. The summed E-state index contributed by atoms with van der Waals surface area (Å²) in [6.07, 6.45) is 0. The highest BCUT2D eigenvalue weighted by molar-refractivity contribution is 7.92. The third kappa shape index (κ3) is 6.28. The molecule has 0 fully saturated rings. The summed E-state index contributed by atoms with van der Waals surface area (Å²) in [5.41, 5.74) is 0.698. The van der Waals surface area contributed by atoms with Crippen LogP contribution in [0.3, 0.4) is 0 Å². The maximum absolute atomic E-state index is 13.8. The molecule has 0 radical (unpaired) electrons. The number of rotatable bonds is 10. The molecule has 12 heteroatoms. The molecule has 1 N–H and O–H groups in total. The van der Waals surface area contributed by atoms with Crippen molar-refractivity contribution in [3.63, 3.8) is 0 Å². The van der Waals surface area contributed by atoms with Crippen LogP contribution in [-0.2, 0) is 21.4 Å². The smallest absolute Gasteiger partial charge is 0.265 e. The number of hydrogen-bond acceptors (Lipinski definition) is 6. The molecule has 0 atom stereocenters. The van der Waals surface area contributed by atoms with Gasteiger partial charge in [-0.15, -0.1) is 0 Å². The van der Waals surface area contributed by atoms with Crippen molar-refractivity contribution in [3.8, 4) is 17.2 Å². The van der Waals surface area contributed by atoms with Gasteiger partial charge in [-0.25, -0.2) is 8.42 Å². The number of sulfonamides is 1. The van der Waals surface area contributed by atoms with Crippen LogP contribution in [0.5, 0.6) is 17.2 Å². The lowest BCUT2D eigenvalue weighted by molar-refractivity contribution is -0.119. The average molecular weight is 574 g/mol. The summed E-state index contributed by atoms with van der Waals surface area (Å²) in [5.74, 6) is 0.170. The number of nitrogens with zero attached hydrogens (tertiary/aromatic N) is 1. The summed E-state index contributed by atoms with van der Waals surface area (Å²) in [6.45, 7) is -0.510. The van der Waals surface area contributed by atoms with Crippen LogP contribution in [0, 0.1) is 0 Å². The van der Waals surface area contributed by atoms with Crippen molar-refractivity contribution in [2.45, 2.75) is 11.4 Å². The Morgan fingerprint density at radius 3 is 2.08 bits per heavy atom. The average Bonchev–Trinajstić information content (AvgIpc) is 2.86. The molecule has 3 aromatic carbocycles. The predicted octanol–water partition coefficient (Wildman–Crippen LogP) is 5.18. The van der Waals surface area contributed by atoms with Gasteiger partial charge in [0.25, 0.3) is 10.0 Å². The second kappa shape index (κ2) is 11.9. The van der Waals surface area contributed by atoms with Gasteiger partial charge in [0, 0.05) is 27.7 Å². The lowest BCUT2D eigenvalue weighted by atomic mass is 10.2. The maximum atomic E-state index is 13.8. The molecule has 0 aliphatic carbocycles. The molecule has 8 nitrogen and oxygen atoms in total. The van der Waals surface area contributed by atoms with Crippen LogP contribution >= 0.6 is 34.8 Å². The van der Waals surface area contributed by atoms with Crippen molar-refractivity contribution in [3.05, 3.63) is 75.2 Å². The zero-order valence-corrected chi connectivity index (χ0v) is 22.6. The summed E-state index contributed by atoms with van der Waals surface area (Å²) < 4.78 is 44.3. The van der Waals surface area contributed by atoms with E-state index in [9.17, 15) is 13.2 Å². The summed E-state index contributed by atoms with van der Waals surface area (Å²) in [7, 11) is -0.0854. The van der Waals surface area contributed by atoms with E-state index in [-0.39, 0.29) is 33.6 Å². The second-order valence-corrected chi connectivity index (χ2v) is 10.5. The minimum Gasteiger partial charge on any atom is -0.495 e. The Kier molecular flexibility index (Phi) is 9.19. The van der Waals surface area contributed by atoms with E-state index in [0.717, 1.165) is 4.31 Å². The highest BCUT2D eigenvalue weighted by atomic mass is 35.5. The molecule has 0 aliphatic heterocycles. The first kappa shape index (κ1) is 27.7. The third-order valence-electron chi connectivity index (χ3n) is 5.13. The Hall–Kier alpha value is -2.85. The van der Waals surface area contributed by atoms with Crippen molar-refractivity contribution in [2.24, 2.45) is 0 Å². The monoisotopic (exact) mass is 572 g/mol. The molecule has 36 heavy (non-hydrogen) atoms. The number of carbonyl (C=O) groups excluding carboxylic acids is 1. The number of halogens is 3. The van der Waals surface area contributed by atoms with Crippen molar-refractivity contribution < 1.29 is 27.4 Å². The van der Waals surface area contributed by atoms with Crippen LogP contribution in [0.1, 0.15) is 5.56 Å². The van der Waals surface area contributed by atoms with Crippen molar-refractivity contribution in [1.82, 2.24) is 5.32 Å². The Bertz CT molecular complexity index is 1370. The van der Waals surface area contributed by atoms with E-state index < -0.39 is 22.5 Å². The van der Waals surface area contributed by atoms with Crippen LogP contribution in [0.15, 0.2) is 59.5 Å². The Labute approximate surface area is 224 Å². The van der Waals surface area contributed by atoms with Crippen molar-refractivity contribution in [1.29, 1.82) is 0 Å². The van der Waals surface area contributed by atoms with E-state index >= 15 is 0 Å². The van der Waals surface area contributed by atoms with Gasteiger partial charge in [0.15, 0.2) is 11.5 Å². The molecule has 0 aliphatic rings. The molecule has 0 bridgehead atoms. The lowest BCUT2D eigenvalue weighted by Gasteiger charge is -2.26. The van der Waals surface area contributed by atoms with E-state index in [1.165, 1.54) is 51.7 Å². The number of nitrogens with one attached hydrogen (secondary N) is 1. The van der Waals surface area contributed by atoms with E-state index in [2.05, 4.69) is 5.32 Å². The fourth-order valence-electron chi connectivity index (χ4n) is 3.31. The van der Waals surface area contributed by atoms with Crippen LogP contribution in [-0.4, -0.2) is 42.2 Å². The molecular formula is C24H23Cl3N2O6S. The fraction of sp³-hybridized carbons (Fsp3) is 0.208. The molecule has 0 aromatic heterocycles. The first-order valence-electron chi connectivity index (χ1n) is 10.4. The van der Waals surface area contributed by atoms with E-state index in [1.807, 2.05) is 0 Å². The van der Waals surface area contributed by atoms with Crippen LogP contribution in [0.4, 0.5) is 5.69 Å². The van der Waals surface area contributed by atoms with E-state index in [0.29, 0.717) is 21.4 Å². The molecule has 0 heterocycles. The molecule has 1 amide bonds. The van der Waals surface area contributed by atoms with Crippen LogP contribution < -0.4 is 23.8 Å². The number of hydrogen-bond donors (Lipinski definition) is 1. The molecule has 0 unspecified atom stereocenters. The highest BCUT2D eigenvalue weighted by Crippen LogP contribution is 2.37. The minimum absolute atomic E-state index is 0.0613. The lowest BCUT2D eigenvalue weighted by Crippen LogP contribution is -2.41. The quantitative estimate of drug-likeness (QED) is 0.359. The first-order chi connectivity index (χ1) is 17.1. The van der Waals surface area contributed by atoms with Gasteiger partial charge in [-0.1, -0.05) is 40.9 Å². The number of anilines is 1. The summed E-state index contributed by atoms with van der Waals surface area (Å²) in [6, 6.07) is 13.4. The van der Waals surface area contributed by atoms with Gasteiger partial charge in [-0.2, -0.15) is 0 Å². The first-order valence-corrected chi connectivity index (χ1v) is 13.0. The topological polar surface area (TPSA) is 94.2 Å².